The third-order valence-corrected chi connectivity index (χ3v) is 5.10. The predicted octanol–water partition coefficient (Wildman–Crippen LogP) is 0.464. The van der Waals surface area contributed by atoms with Gasteiger partial charge in [-0.15, -0.1) is 0 Å². The number of carboxylic acids is 1. The molecule has 0 aromatic rings. The van der Waals surface area contributed by atoms with E-state index in [1.807, 2.05) is 0 Å². The Morgan fingerprint density at radius 1 is 1.33 bits per heavy atom. The van der Waals surface area contributed by atoms with Gasteiger partial charge in [-0.05, 0) is 25.2 Å². The second-order valence-electron chi connectivity index (χ2n) is 4.72. The number of hydrogen-bond donors (Lipinski definition) is 1. The Bertz CT molecular complexity index is 427. The summed E-state index contributed by atoms with van der Waals surface area (Å²) in [6, 6.07) is 0. The van der Waals surface area contributed by atoms with E-state index in [-0.39, 0.29) is 6.42 Å². The number of carboxylic acid groups (broad SMARTS) is 1. The minimum Gasteiger partial charge on any atom is -0.481 e. The van der Waals surface area contributed by atoms with Gasteiger partial charge in [-0.3, -0.25) is 9.59 Å². The molecule has 0 aromatic carbocycles. The maximum atomic E-state index is 11.5. The van der Waals surface area contributed by atoms with E-state index in [0.29, 0.717) is 19.3 Å². The lowest BCUT2D eigenvalue weighted by Gasteiger charge is -2.30. The van der Waals surface area contributed by atoms with E-state index in [0.717, 1.165) is 13.4 Å². The largest absolute Gasteiger partial charge is 0.481 e. The molecular weight excluding hydrogens is 260 g/mol. The van der Waals surface area contributed by atoms with Crippen LogP contribution in [0.25, 0.3) is 0 Å². The van der Waals surface area contributed by atoms with Crippen molar-refractivity contribution in [2.75, 3.05) is 13.4 Å². The van der Waals surface area contributed by atoms with Gasteiger partial charge >= 0.3 is 11.9 Å². The lowest BCUT2D eigenvalue weighted by atomic mass is 9.79. The van der Waals surface area contributed by atoms with Crippen LogP contribution in [0.1, 0.15) is 25.7 Å². The van der Waals surface area contributed by atoms with Crippen LogP contribution >= 0.6 is 0 Å². The Morgan fingerprint density at radius 2 is 1.94 bits per heavy atom. The summed E-state index contributed by atoms with van der Waals surface area (Å²) in [4.78, 5) is 22.6. The summed E-state index contributed by atoms with van der Waals surface area (Å²) in [7, 11) is -2.06. The lowest BCUT2D eigenvalue weighted by molar-refractivity contribution is -0.160. The van der Waals surface area contributed by atoms with Crippen molar-refractivity contribution in [3.05, 3.63) is 0 Å². The highest BCUT2D eigenvalue weighted by Crippen LogP contribution is 2.34. The van der Waals surface area contributed by atoms with Gasteiger partial charge in [0.05, 0.1) is 12.4 Å². The first-order valence-electron chi connectivity index (χ1n) is 5.77. The predicted molar refractivity (Wildman–Crippen MR) is 63.7 cm³/mol. The number of sulfone groups is 1. The van der Waals surface area contributed by atoms with Crippen LogP contribution in [0.3, 0.4) is 0 Å². The first kappa shape index (κ1) is 14.9. The first-order chi connectivity index (χ1) is 8.27. The summed E-state index contributed by atoms with van der Waals surface area (Å²) in [5.74, 6) is -3.79. The summed E-state index contributed by atoms with van der Waals surface area (Å²) in [5.41, 5.74) is 0. The number of aliphatic carboxylic acids is 1. The molecule has 0 radical (unpaired) electrons. The van der Waals surface area contributed by atoms with Crippen LogP contribution in [0.5, 0.6) is 0 Å². The van der Waals surface area contributed by atoms with E-state index < -0.39 is 38.9 Å². The van der Waals surface area contributed by atoms with Crippen molar-refractivity contribution in [3.63, 3.8) is 0 Å². The number of carbonyl (C=O) groups excluding carboxylic acids is 1. The summed E-state index contributed by atoms with van der Waals surface area (Å²) in [5, 5.41) is 8.51. The van der Waals surface area contributed by atoms with E-state index in [4.69, 9.17) is 5.11 Å². The molecule has 0 bridgehead atoms. The zero-order chi connectivity index (χ0) is 13.9. The van der Waals surface area contributed by atoms with E-state index in [1.165, 1.54) is 0 Å². The van der Waals surface area contributed by atoms with Crippen molar-refractivity contribution in [1.29, 1.82) is 0 Å². The molecule has 7 heteroatoms. The molecule has 3 atom stereocenters. The van der Waals surface area contributed by atoms with E-state index in [9.17, 15) is 18.0 Å². The molecular formula is C11H18O6S. The molecule has 3 unspecified atom stereocenters. The third kappa shape index (κ3) is 3.44. The topological polar surface area (TPSA) is 97.7 Å². The number of carbonyl (C=O) groups is 2. The molecule has 6 nitrogen and oxygen atoms in total. The van der Waals surface area contributed by atoms with Crippen molar-refractivity contribution >= 4 is 21.8 Å². The van der Waals surface area contributed by atoms with Crippen molar-refractivity contribution in [2.45, 2.75) is 30.9 Å². The standard InChI is InChI=1S/C11H18O6S/c1-17-11(14)9(10(12)13)7-4-3-5-8(6-7)18(2,15)16/h7-9H,3-6H2,1-2H3,(H,12,13). The van der Waals surface area contributed by atoms with E-state index >= 15 is 0 Å². The fourth-order valence-electron chi connectivity index (χ4n) is 2.49. The molecule has 0 aliphatic heterocycles. The molecule has 0 spiro atoms. The maximum absolute atomic E-state index is 11.5. The highest BCUT2D eigenvalue weighted by atomic mass is 32.2. The van der Waals surface area contributed by atoms with Gasteiger partial charge in [0.1, 0.15) is 9.84 Å². The smallest absolute Gasteiger partial charge is 0.320 e. The molecule has 0 heterocycles. The molecule has 1 fully saturated rings. The van der Waals surface area contributed by atoms with Crippen LogP contribution in [-0.4, -0.2) is 44.1 Å². The monoisotopic (exact) mass is 278 g/mol. The highest BCUT2D eigenvalue weighted by molar-refractivity contribution is 7.91. The first-order valence-corrected chi connectivity index (χ1v) is 7.72. The Hall–Kier alpha value is -1.11. The van der Waals surface area contributed by atoms with Gasteiger partial charge in [-0.1, -0.05) is 6.42 Å². The van der Waals surface area contributed by atoms with Gasteiger partial charge in [0.15, 0.2) is 5.92 Å². The summed E-state index contributed by atoms with van der Waals surface area (Å²) in [6.07, 6.45) is 3.04. The number of hydrogen-bond acceptors (Lipinski definition) is 5. The Kier molecular flexibility index (Phi) is 4.72. The van der Waals surface area contributed by atoms with Gasteiger partial charge in [-0.2, -0.15) is 0 Å². The summed E-state index contributed by atoms with van der Waals surface area (Å²) < 4.78 is 27.5. The van der Waals surface area contributed by atoms with Crippen LogP contribution in [0.15, 0.2) is 0 Å². The molecule has 18 heavy (non-hydrogen) atoms. The molecule has 1 aliphatic rings. The number of esters is 1. The Labute approximate surface area is 106 Å². The van der Waals surface area contributed by atoms with Gasteiger partial charge in [0.25, 0.3) is 0 Å². The second-order valence-corrected chi connectivity index (χ2v) is 7.04. The zero-order valence-corrected chi connectivity index (χ0v) is 11.3. The number of ether oxygens (including phenoxy) is 1. The molecule has 0 aromatic heterocycles. The zero-order valence-electron chi connectivity index (χ0n) is 10.5. The van der Waals surface area contributed by atoms with E-state index in [1.54, 1.807) is 0 Å². The van der Waals surface area contributed by atoms with Crippen LogP contribution in [0.2, 0.25) is 0 Å². The fraction of sp³-hybridized carbons (Fsp3) is 0.818. The highest BCUT2D eigenvalue weighted by Gasteiger charge is 2.40. The molecule has 1 N–H and O–H groups in total. The number of methoxy groups -OCH3 is 1. The number of rotatable bonds is 4. The summed E-state index contributed by atoms with van der Waals surface area (Å²) >= 11 is 0. The second kappa shape index (κ2) is 5.69. The van der Waals surface area contributed by atoms with Crippen LogP contribution < -0.4 is 0 Å². The SMILES string of the molecule is COC(=O)C(C(=O)O)C1CCCC(S(C)(=O)=O)C1. The van der Waals surface area contributed by atoms with Gasteiger partial charge in [-0.25, -0.2) is 8.42 Å². The van der Waals surface area contributed by atoms with Crippen molar-refractivity contribution in [3.8, 4) is 0 Å². The van der Waals surface area contributed by atoms with E-state index in [2.05, 4.69) is 4.74 Å². The molecule has 1 aliphatic carbocycles. The molecule has 0 amide bonds. The quantitative estimate of drug-likeness (QED) is 0.592. The molecule has 0 saturated heterocycles. The Balaban J connectivity index is 2.87. The maximum Gasteiger partial charge on any atom is 0.320 e. The average molecular weight is 278 g/mol. The fourth-order valence-corrected chi connectivity index (χ4v) is 3.69. The third-order valence-electron chi connectivity index (χ3n) is 3.46. The summed E-state index contributed by atoms with van der Waals surface area (Å²) in [6.45, 7) is 0. The normalized spacial score (nSPS) is 26.3. The van der Waals surface area contributed by atoms with Crippen LogP contribution in [-0.2, 0) is 24.2 Å². The minimum absolute atomic E-state index is 0.213. The average Bonchev–Trinajstić information content (AvgIpc) is 2.27. The van der Waals surface area contributed by atoms with Crippen molar-refractivity contribution < 1.29 is 27.9 Å². The van der Waals surface area contributed by atoms with Crippen molar-refractivity contribution in [1.82, 2.24) is 0 Å². The van der Waals surface area contributed by atoms with Crippen LogP contribution in [0, 0.1) is 11.8 Å². The van der Waals surface area contributed by atoms with Gasteiger partial charge in [0, 0.05) is 6.26 Å². The van der Waals surface area contributed by atoms with Gasteiger partial charge in [0.2, 0.25) is 0 Å². The molecule has 1 rings (SSSR count). The van der Waals surface area contributed by atoms with Gasteiger partial charge < -0.3 is 9.84 Å². The minimum atomic E-state index is -3.20. The Morgan fingerprint density at radius 3 is 2.39 bits per heavy atom. The van der Waals surface area contributed by atoms with Crippen LogP contribution in [0.4, 0.5) is 0 Å². The lowest BCUT2D eigenvalue weighted by Crippen LogP contribution is -2.38. The molecule has 1 saturated carbocycles. The molecule has 104 valence electrons. The van der Waals surface area contributed by atoms with Crippen molar-refractivity contribution in [2.24, 2.45) is 11.8 Å².